The first kappa shape index (κ1) is 23.5. The van der Waals surface area contributed by atoms with Crippen molar-refractivity contribution in [3.8, 4) is 5.75 Å². The molecule has 2 aromatic rings. The number of carbonyl (C=O) groups excluding carboxylic acids is 3. The van der Waals surface area contributed by atoms with Crippen LogP contribution in [0.4, 0.5) is 5.69 Å². The zero-order chi connectivity index (χ0) is 22.1. The normalized spacial score (nSPS) is 10.4. The second-order valence-corrected chi connectivity index (χ2v) is 7.75. The highest BCUT2D eigenvalue weighted by atomic mass is 35.5. The predicted octanol–water partition coefficient (Wildman–Crippen LogP) is 4.21. The van der Waals surface area contributed by atoms with Crippen molar-refractivity contribution in [1.82, 2.24) is 10.9 Å². The molecule has 2 rings (SSSR count). The van der Waals surface area contributed by atoms with E-state index in [1.54, 1.807) is 36.4 Å². The Kier molecular flexibility index (Phi) is 8.95. The summed E-state index contributed by atoms with van der Waals surface area (Å²) in [4.78, 5) is 35.9. The maximum absolute atomic E-state index is 12.1. The van der Waals surface area contributed by atoms with Crippen LogP contribution in [0, 0.1) is 5.92 Å². The Labute approximate surface area is 185 Å². The van der Waals surface area contributed by atoms with E-state index in [1.165, 1.54) is 6.07 Å². The molecule has 2 aromatic carbocycles. The average molecular weight is 452 g/mol. The lowest BCUT2D eigenvalue weighted by molar-refractivity contribution is -0.124. The van der Waals surface area contributed by atoms with Crippen LogP contribution in [0.25, 0.3) is 0 Å². The van der Waals surface area contributed by atoms with Crippen molar-refractivity contribution < 1.29 is 19.1 Å². The van der Waals surface area contributed by atoms with Gasteiger partial charge in [0.25, 0.3) is 5.91 Å². The lowest BCUT2D eigenvalue weighted by Crippen LogP contribution is -2.41. The van der Waals surface area contributed by atoms with Gasteiger partial charge in [-0.1, -0.05) is 37.0 Å². The van der Waals surface area contributed by atoms with Crippen LogP contribution in [0.5, 0.6) is 5.75 Å². The lowest BCUT2D eigenvalue weighted by atomic mass is 10.2. The summed E-state index contributed by atoms with van der Waals surface area (Å²) in [6, 6.07) is 11.2. The van der Waals surface area contributed by atoms with Crippen molar-refractivity contribution in [2.24, 2.45) is 5.92 Å². The molecule has 0 aliphatic heterocycles. The van der Waals surface area contributed by atoms with Gasteiger partial charge in [-0.15, -0.1) is 0 Å². The molecule has 3 N–H and O–H groups in total. The van der Waals surface area contributed by atoms with Gasteiger partial charge in [-0.2, -0.15) is 0 Å². The van der Waals surface area contributed by atoms with Crippen LogP contribution >= 0.6 is 23.2 Å². The quantitative estimate of drug-likeness (QED) is 0.523. The molecule has 7 nitrogen and oxygen atoms in total. The average Bonchev–Trinajstić information content (AvgIpc) is 2.71. The fourth-order valence-electron chi connectivity index (χ4n) is 2.26. The Morgan fingerprint density at radius 2 is 1.60 bits per heavy atom. The summed E-state index contributed by atoms with van der Waals surface area (Å²) in [5.41, 5.74) is 5.36. The van der Waals surface area contributed by atoms with Gasteiger partial charge in [-0.3, -0.25) is 25.2 Å². The highest BCUT2D eigenvalue weighted by Crippen LogP contribution is 2.25. The fourth-order valence-corrected chi connectivity index (χ4v) is 2.71. The number of anilines is 1. The van der Waals surface area contributed by atoms with E-state index in [9.17, 15) is 14.4 Å². The SMILES string of the molecule is CC(C)COc1ccc(C(=O)NNC(=O)CCC(=O)Nc2ccc(Cl)cc2Cl)cc1. The van der Waals surface area contributed by atoms with E-state index in [2.05, 4.69) is 16.2 Å². The van der Waals surface area contributed by atoms with E-state index in [4.69, 9.17) is 27.9 Å². The number of rotatable bonds is 8. The van der Waals surface area contributed by atoms with Crippen molar-refractivity contribution in [2.75, 3.05) is 11.9 Å². The Hall–Kier alpha value is -2.77. The standard InChI is InChI=1S/C21H23Cl2N3O4/c1-13(2)12-30-16-6-3-14(4-7-16)21(29)26-25-20(28)10-9-19(27)24-18-8-5-15(22)11-17(18)23/h3-8,11,13H,9-10,12H2,1-2H3,(H,24,27)(H,25,28)(H,26,29). The highest BCUT2D eigenvalue weighted by Gasteiger charge is 2.11. The largest absolute Gasteiger partial charge is 0.493 e. The third-order valence-corrected chi connectivity index (χ3v) is 4.35. The second kappa shape index (κ2) is 11.4. The number of hydrogen-bond donors (Lipinski definition) is 3. The summed E-state index contributed by atoms with van der Waals surface area (Å²) in [6.45, 7) is 4.67. The Morgan fingerprint density at radius 1 is 0.933 bits per heavy atom. The minimum atomic E-state index is -0.502. The summed E-state index contributed by atoms with van der Waals surface area (Å²) in [7, 11) is 0. The first-order valence-electron chi connectivity index (χ1n) is 9.31. The summed E-state index contributed by atoms with van der Waals surface area (Å²) >= 11 is 11.8. The van der Waals surface area contributed by atoms with Crippen molar-refractivity contribution in [3.05, 3.63) is 58.1 Å². The van der Waals surface area contributed by atoms with Crippen molar-refractivity contribution in [2.45, 2.75) is 26.7 Å². The smallest absolute Gasteiger partial charge is 0.269 e. The minimum absolute atomic E-state index is 0.0808. The van der Waals surface area contributed by atoms with Gasteiger partial charge in [-0.25, -0.2) is 0 Å². The molecule has 0 aliphatic rings. The molecule has 0 fully saturated rings. The summed E-state index contributed by atoms with van der Waals surface area (Å²) < 4.78 is 5.56. The van der Waals surface area contributed by atoms with Crippen LogP contribution in [0.2, 0.25) is 10.0 Å². The molecule has 0 aromatic heterocycles. The van der Waals surface area contributed by atoms with Crippen LogP contribution in [-0.2, 0) is 9.59 Å². The van der Waals surface area contributed by atoms with Gasteiger partial charge in [0, 0.05) is 23.4 Å². The minimum Gasteiger partial charge on any atom is -0.493 e. The number of ether oxygens (including phenoxy) is 1. The van der Waals surface area contributed by atoms with Gasteiger partial charge in [0.15, 0.2) is 0 Å². The molecule has 160 valence electrons. The molecule has 0 saturated heterocycles. The number of amides is 3. The lowest BCUT2D eigenvalue weighted by Gasteiger charge is -2.10. The van der Waals surface area contributed by atoms with Gasteiger partial charge < -0.3 is 10.1 Å². The zero-order valence-corrected chi connectivity index (χ0v) is 18.1. The summed E-state index contributed by atoms with van der Waals surface area (Å²) in [5, 5.41) is 3.35. The molecule has 3 amide bonds. The van der Waals surface area contributed by atoms with Crippen LogP contribution in [0.3, 0.4) is 0 Å². The van der Waals surface area contributed by atoms with Gasteiger partial charge in [0.2, 0.25) is 11.8 Å². The van der Waals surface area contributed by atoms with Crippen molar-refractivity contribution >= 4 is 46.6 Å². The number of benzene rings is 2. The Bertz CT molecular complexity index is 902. The molecule has 9 heteroatoms. The molecule has 0 spiro atoms. The third-order valence-electron chi connectivity index (χ3n) is 3.80. The molecule has 30 heavy (non-hydrogen) atoms. The molecule has 0 saturated carbocycles. The maximum atomic E-state index is 12.1. The van der Waals surface area contributed by atoms with Gasteiger partial charge >= 0.3 is 0 Å². The van der Waals surface area contributed by atoms with Gasteiger partial charge in [0.05, 0.1) is 17.3 Å². The fraction of sp³-hybridized carbons (Fsp3) is 0.286. The number of hydrazine groups is 1. The zero-order valence-electron chi connectivity index (χ0n) is 16.6. The van der Waals surface area contributed by atoms with Crippen LogP contribution in [-0.4, -0.2) is 24.3 Å². The predicted molar refractivity (Wildman–Crippen MR) is 117 cm³/mol. The van der Waals surface area contributed by atoms with E-state index >= 15 is 0 Å². The number of hydrogen-bond acceptors (Lipinski definition) is 4. The van der Waals surface area contributed by atoms with E-state index < -0.39 is 17.7 Å². The summed E-state index contributed by atoms with van der Waals surface area (Å²) in [5.74, 6) is -0.309. The molecule has 0 radical (unpaired) electrons. The van der Waals surface area contributed by atoms with E-state index in [0.717, 1.165) is 0 Å². The maximum Gasteiger partial charge on any atom is 0.269 e. The monoisotopic (exact) mass is 451 g/mol. The summed E-state index contributed by atoms with van der Waals surface area (Å²) in [6.07, 6.45) is -0.193. The Morgan fingerprint density at radius 3 is 2.23 bits per heavy atom. The van der Waals surface area contributed by atoms with E-state index in [1.807, 2.05) is 13.8 Å². The highest BCUT2D eigenvalue weighted by molar-refractivity contribution is 6.36. The molecule has 0 heterocycles. The van der Waals surface area contributed by atoms with Gasteiger partial charge in [0.1, 0.15) is 5.75 Å². The van der Waals surface area contributed by atoms with Crippen molar-refractivity contribution in [1.29, 1.82) is 0 Å². The molecular weight excluding hydrogens is 429 g/mol. The second-order valence-electron chi connectivity index (χ2n) is 6.90. The van der Waals surface area contributed by atoms with Crippen molar-refractivity contribution in [3.63, 3.8) is 0 Å². The molecule has 0 aliphatic carbocycles. The first-order chi connectivity index (χ1) is 14.2. The third kappa shape index (κ3) is 7.93. The molecular formula is C21H23Cl2N3O4. The Balaban J connectivity index is 1.73. The van der Waals surface area contributed by atoms with E-state index in [-0.39, 0.29) is 12.8 Å². The molecule has 0 bridgehead atoms. The number of nitrogens with one attached hydrogen (secondary N) is 3. The number of carbonyl (C=O) groups is 3. The topological polar surface area (TPSA) is 96.5 Å². The molecule has 0 unspecified atom stereocenters. The van der Waals surface area contributed by atoms with Crippen LogP contribution in [0.1, 0.15) is 37.0 Å². The van der Waals surface area contributed by atoms with Gasteiger partial charge in [-0.05, 0) is 48.4 Å². The van der Waals surface area contributed by atoms with Crippen LogP contribution in [0.15, 0.2) is 42.5 Å². The molecule has 0 atom stereocenters. The first-order valence-corrected chi connectivity index (χ1v) is 10.1. The number of halogens is 2. The van der Waals surface area contributed by atoms with E-state index in [0.29, 0.717) is 39.6 Å². The van der Waals surface area contributed by atoms with Crippen LogP contribution < -0.4 is 20.9 Å².